The van der Waals surface area contributed by atoms with Gasteiger partial charge in [0.1, 0.15) is 12.7 Å². The summed E-state index contributed by atoms with van der Waals surface area (Å²) < 4.78 is 28.5. The van der Waals surface area contributed by atoms with E-state index in [0.717, 1.165) is 0 Å². The highest BCUT2D eigenvalue weighted by atomic mass is 16.8. The minimum atomic E-state index is -0.863. The quantitative estimate of drug-likeness (QED) is 0.717. The van der Waals surface area contributed by atoms with Gasteiger partial charge < -0.3 is 23.7 Å². The van der Waals surface area contributed by atoms with E-state index in [9.17, 15) is 9.59 Å². The van der Waals surface area contributed by atoms with Gasteiger partial charge in [-0.25, -0.2) is 9.59 Å². The SMILES string of the molecule is CC1(C)O[C@H]2O[C@H](COC(=O)c3ccccc3)[C@H](OC(=O)c3ccccc3)[C@H]2O1. The van der Waals surface area contributed by atoms with Gasteiger partial charge in [0, 0.05) is 0 Å². The van der Waals surface area contributed by atoms with Crippen molar-refractivity contribution in [1.82, 2.24) is 0 Å². The Kier molecular flexibility index (Phi) is 5.36. The Hall–Kier alpha value is -2.74. The maximum Gasteiger partial charge on any atom is 0.338 e. The van der Waals surface area contributed by atoms with Crippen LogP contribution in [0.3, 0.4) is 0 Å². The number of carbonyl (C=O) groups excluding carboxylic acids is 2. The molecule has 2 aromatic carbocycles. The number of carbonyl (C=O) groups is 2. The number of ether oxygens (including phenoxy) is 5. The highest BCUT2D eigenvalue weighted by Gasteiger charge is 2.56. The third kappa shape index (κ3) is 4.32. The fourth-order valence-corrected chi connectivity index (χ4v) is 3.40. The van der Waals surface area contributed by atoms with Crippen molar-refractivity contribution in [3.8, 4) is 0 Å². The van der Waals surface area contributed by atoms with E-state index >= 15 is 0 Å². The van der Waals surface area contributed by atoms with Crippen LogP contribution >= 0.6 is 0 Å². The Bertz CT molecular complexity index is 865. The van der Waals surface area contributed by atoms with Crippen LogP contribution in [0.15, 0.2) is 60.7 Å². The van der Waals surface area contributed by atoms with Crippen molar-refractivity contribution in [3.05, 3.63) is 71.8 Å². The molecule has 0 spiro atoms. The topological polar surface area (TPSA) is 80.3 Å². The molecule has 2 saturated heterocycles. The van der Waals surface area contributed by atoms with Crippen LogP contribution in [0.2, 0.25) is 0 Å². The predicted molar refractivity (Wildman–Crippen MR) is 101 cm³/mol. The number of benzene rings is 2. The molecule has 0 radical (unpaired) electrons. The first-order valence-electron chi connectivity index (χ1n) is 9.42. The number of fused-ring (bicyclic) bond motifs is 1. The minimum Gasteiger partial charge on any atom is -0.459 e. The first-order chi connectivity index (χ1) is 13.9. The summed E-state index contributed by atoms with van der Waals surface area (Å²) in [5.74, 6) is -1.85. The van der Waals surface area contributed by atoms with E-state index in [1.54, 1.807) is 62.4 Å². The zero-order valence-electron chi connectivity index (χ0n) is 16.1. The lowest BCUT2D eigenvalue weighted by molar-refractivity contribution is -0.218. The van der Waals surface area contributed by atoms with Crippen molar-refractivity contribution in [3.63, 3.8) is 0 Å². The first-order valence-corrected chi connectivity index (χ1v) is 9.42. The number of hydrogen-bond donors (Lipinski definition) is 0. The van der Waals surface area contributed by atoms with Gasteiger partial charge >= 0.3 is 11.9 Å². The van der Waals surface area contributed by atoms with E-state index in [0.29, 0.717) is 11.1 Å². The molecule has 29 heavy (non-hydrogen) atoms. The number of rotatable bonds is 5. The van der Waals surface area contributed by atoms with Crippen LogP contribution in [0.5, 0.6) is 0 Å². The lowest BCUT2D eigenvalue weighted by Gasteiger charge is -2.25. The molecule has 0 unspecified atom stereocenters. The molecule has 0 aromatic heterocycles. The molecule has 4 rings (SSSR count). The summed E-state index contributed by atoms with van der Waals surface area (Å²) in [6, 6.07) is 17.3. The van der Waals surface area contributed by atoms with E-state index in [2.05, 4.69) is 0 Å². The van der Waals surface area contributed by atoms with Gasteiger partial charge in [-0.05, 0) is 38.1 Å². The fraction of sp³-hybridized carbons (Fsp3) is 0.364. The second kappa shape index (κ2) is 7.94. The van der Waals surface area contributed by atoms with E-state index in [1.165, 1.54) is 0 Å². The average Bonchev–Trinajstić information content (AvgIpc) is 3.19. The average molecular weight is 398 g/mol. The Morgan fingerprint density at radius 3 is 2.10 bits per heavy atom. The zero-order valence-corrected chi connectivity index (χ0v) is 16.1. The second-order valence-electron chi connectivity index (χ2n) is 7.34. The molecule has 2 fully saturated rings. The minimum absolute atomic E-state index is 0.0966. The largest absolute Gasteiger partial charge is 0.459 e. The molecular weight excluding hydrogens is 376 g/mol. The molecule has 0 bridgehead atoms. The van der Waals surface area contributed by atoms with Gasteiger partial charge in [-0.1, -0.05) is 36.4 Å². The molecule has 0 aliphatic carbocycles. The van der Waals surface area contributed by atoms with Crippen LogP contribution in [0.1, 0.15) is 34.6 Å². The van der Waals surface area contributed by atoms with E-state index in [1.807, 2.05) is 12.1 Å². The van der Waals surface area contributed by atoms with Crippen LogP contribution in [-0.4, -0.2) is 48.9 Å². The molecule has 0 saturated carbocycles. The van der Waals surface area contributed by atoms with Gasteiger partial charge in [0.15, 0.2) is 24.3 Å². The van der Waals surface area contributed by atoms with Crippen molar-refractivity contribution < 1.29 is 33.3 Å². The molecule has 2 aliphatic heterocycles. The lowest BCUT2D eigenvalue weighted by Crippen LogP contribution is -2.40. The van der Waals surface area contributed by atoms with E-state index < -0.39 is 42.3 Å². The summed E-state index contributed by atoms with van der Waals surface area (Å²) in [6.45, 7) is 3.42. The standard InChI is InChI=1S/C22H22O7/c1-22(2)28-18-17(27-20(24)15-11-7-4-8-12-15)16(26-21(18)29-22)13-25-19(23)14-9-5-3-6-10-14/h3-12,16-18,21H,13H2,1-2H3/t16-,17+,18-,21-/m1/s1. The first kappa shape index (κ1) is 19.6. The molecule has 0 amide bonds. The van der Waals surface area contributed by atoms with E-state index in [-0.39, 0.29) is 6.61 Å². The third-order valence-corrected chi connectivity index (χ3v) is 4.73. The van der Waals surface area contributed by atoms with Crippen molar-refractivity contribution in [2.24, 2.45) is 0 Å². The lowest BCUT2D eigenvalue weighted by atomic mass is 10.1. The molecule has 152 valence electrons. The molecule has 4 atom stereocenters. The van der Waals surface area contributed by atoms with Crippen molar-refractivity contribution in [2.45, 2.75) is 44.2 Å². The molecule has 7 heteroatoms. The maximum atomic E-state index is 12.6. The molecule has 2 aromatic rings. The summed E-state index contributed by atoms with van der Waals surface area (Å²) in [6.07, 6.45) is -2.81. The van der Waals surface area contributed by atoms with Gasteiger partial charge in [-0.2, -0.15) is 0 Å². The van der Waals surface area contributed by atoms with Gasteiger partial charge in [-0.15, -0.1) is 0 Å². The predicted octanol–water partition coefficient (Wildman–Crippen LogP) is 2.95. The summed E-state index contributed by atoms with van der Waals surface area (Å²) in [7, 11) is 0. The molecule has 2 aliphatic rings. The highest BCUT2D eigenvalue weighted by molar-refractivity contribution is 5.90. The van der Waals surface area contributed by atoms with Crippen LogP contribution in [-0.2, 0) is 23.7 Å². The molecule has 7 nitrogen and oxygen atoms in total. The third-order valence-electron chi connectivity index (χ3n) is 4.73. The highest BCUT2D eigenvalue weighted by Crippen LogP contribution is 2.39. The van der Waals surface area contributed by atoms with Gasteiger partial charge in [0.25, 0.3) is 0 Å². The van der Waals surface area contributed by atoms with Crippen LogP contribution in [0, 0.1) is 0 Å². The summed E-state index contributed by atoms with van der Waals surface area (Å²) >= 11 is 0. The van der Waals surface area contributed by atoms with Crippen molar-refractivity contribution in [1.29, 1.82) is 0 Å². The van der Waals surface area contributed by atoms with Crippen LogP contribution in [0.4, 0.5) is 0 Å². The second-order valence-corrected chi connectivity index (χ2v) is 7.34. The summed E-state index contributed by atoms with van der Waals surface area (Å²) in [4.78, 5) is 24.8. The Morgan fingerprint density at radius 1 is 0.897 bits per heavy atom. The molecule has 0 N–H and O–H groups in total. The van der Waals surface area contributed by atoms with Gasteiger partial charge in [-0.3, -0.25) is 0 Å². The van der Waals surface area contributed by atoms with Gasteiger partial charge in [0.2, 0.25) is 0 Å². The Morgan fingerprint density at radius 2 is 1.48 bits per heavy atom. The zero-order chi connectivity index (χ0) is 20.4. The maximum absolute atomic E-state index is 12.6. The number of esters is 2. The van der Waals surface area contributed by atoms with Crippen molar-refractivity contribution >= 4 is 11.9 Å². The smallest absolute Gasteiger partial charge is 0.338 e. The van der Waals surface area contributed by atoms with Gasteiger partial charge in [0.05, 0.1) is 11.1 Å². The summed E-state index contributed by atoms with van der Waals surface area (Å²) in [5.41, 5.74) is 0.839. The van der Waals surface area contributed by atoms with E-state index in [4.69, 9.17) is 23.7 Å². The molecule has 2 heterocycles. The monoisotopic (exact) mass is 398 g/mol. The fourth-order valence-electron chi connectivity index (χ4n) is 3.40. The Balaban J connectivity index is 1.46. The van der Waals surface area contributed by atoms with Crippen LogP contribution in [0.25, 0.3) is 0 Å². The Labute approximate surface area is 168 Å². The molecular formula is C22H22O7. The normalized spacial score (nSPS) is 27.2. The summed E-state index contributed by atoms with van der Waals surface area (Å²) in [5, 5.41) is 0. The number of hydrogen-bond acceptors (Lipinski definition) is 7. The van der Waals surface area contributed by atoms with Crippen LogP contribution < -0.4 is 0 Å². The van der Waals surface area contributed by atoms with Crippen molar-refractivity contribution in [2.75, 3.05) is 6.61 Å².